The first-order chi connectivity index (χ1) is 4.76. The molecule has 0 bridgehead atoms. The van der Waals surface area contributed by atoms with Crippen LogP contribution in [0.1, 0.15) is 0 Å². The number of halogens is 4. The van der Waals surface area contributed by atoms with Crippen LogP contribution in [0.4, 0.5) is 13.2 Å². The Morgan fingerprint density at radius 3 is 1.82 bits per heavy atom. The fourth-order valence-electron chi connectivity index (χ4n) is 0.248. The third-order valence-corrected chi connectivity index (χ3v) is 0.896. The third kappa shape index (κ3) is 2.85. The molecule has 0 saturated heterocycles. The Hall–Kier alpha value is -0.620. The molecule has 0 aliphatic heterocycles. The van der Waals surface area contributed by atoms with E-state index in [4.69, 9.17) is 5.11 Å². The molecule has 0 amide bonds. The SMILES string of the molecule is O=C(C(=O)C(F)(F)F)C(O)Cl. The summed E-state index contributed by atoms with van der Waals surface area (Å²) in [5.74, 6) is -4.72. The highest BCUT2D eigenvalue weighted by atomic mass is 35.5. The van der Waals surface area contributed by atoms with Crippen LogP contribution in [0.5, 0.6) is 0 Å². The van der Waals surface area contributed by atoms with Crippen LogP contribution >= 0.6 is 11.6 Å². The minimum absolute atomic E-state index is 2.07. The lowest BCUT2D eigenvalue weighted by molar-refractivity contribution is -0.175. The number of carbonyl (C=O) groups excluding carboxylic acids is 2. The van der Waals surface area contributed by atoms with Crippen molar-refractivity contribution in [3.05, 3.63) is 0 Å². The molecule has 1 atom stereocenters. The molecule has 0 aromatic heterocycles. The van der Waals surface area contributed by atoms with Crippen molar-refractivity contribution in [2.45, 2.75) is 11.7 Å². The van der Waals surface area contributed by atoms with Crippen LogP contribution in [-0.4, -0.2) is 28.4 Å². The second-order valence-electron chi connectivity index (χ2n) is 1.53. The maximum Gasteiger partial charge on any atom is 0.458 e. The minimum Gasteiger partial charge on any atom is -0.371 e. The Balaban J connectivity index is 4.40. The van der Waals surface area contributed by atoms with Gasteiger partial charge in [0.1, 0.15) is 0 Å². The summed E-state index contributed by atoms with van der Waals surface area (Å²) < 4.78 is 34.0. The van der Waals surface area contributed by atoms with Crippen molar-refractivity contribution in [2.75, 3.05) is 0 Å². The van der Waals surface area contributed by atoms with Gasteiger partial charge in [0.15, 0.2) is 5.56 Å². The van der Waals surface area contributed by atoms with E-state index in [1.54, 1.807) is 0 Å². The first kappa shape index (κ1) is 10.4. The standard InChI is InChI=1S/C4H2ClF3O3/c5-3(11)1(9)2(10)4(6,7)8/h3,11H. The number of aliphatic hydroxyl groups is 1. The van der Waals surface area contributed by atoms with E-state index in [0.29, 0.717) is 0 Å². The lowest BCUT2D eigenvalue weighted by atomic mass is 10.2. The largest absolute Gasteiger partial charge is 0.458 e. The van der Waals surface area contributed by atoms with E-state index in [1.165, 1.54) is 0 Å². The number of Topliss-reactive ketones (excluding diaryl/α,β-unsaturated/α-hetero) is 2. The number of alkyl halides is 4. The van der Waals surface area contributed by atoms with Crippen molar-refractivity contribution in [3.63, 3.8) is 0 Å². The van der Waals surface area contributed by atoms with Gasteiger partial charge in [-0.3, -0.25) is 9.59 Å². The second-order valence-corrected chi connectivity index (χ2v) is 1.94. The number of hydrogen-bond acceptors (Lipinski definition) is 3. The monoisotopic (exact) mass is 190 g/mol. The summed E-state index contributed by atoms with van der Waals surface area (Å²) in [4.78, 5) is 19.9. The highest BCUT2D eigenvalue weighted by Crippen LogP contribution is 2.17. The number of rotatable bonds is 2. The maximum atomic E-state index is 11.3. The summed E-state index contributed by atoms with van der Waals surface area (Å²) in [7, 11) is 0. The molecule has 0 heterocycles. The summed E-state index contributed by atoms with van der Waals surface area (Å²) in [6.07, 6.45) is -5.27. The molecule has 0 radical (unpaired) electrons. The summed E-state index contributed by atoms with van der Waals surface area (Å²) in [6, 6.07) is 0. The average molecular weight is 191 g/mol. The number of carbonyl (C=O) groups is 2. The molecule has 0 rings (SSSR count). The smallest absolute Gasteiger partial charge is 0.371 e. The first-order valence-corrected chi connectivity index (χ1v) is 2.68. The topological polar surface area (TPSA) is 54.4 Å². The van der Waals surface area contributed by atoms with Crippen LogP contribution < -0.4 is 0 Å². The van der Waals surface area contributed by atoms with Gasteiger partial charge in [-0.1, -0.05) is 11.6 Å². The van der Waals surface area contributed by atoms with Crippen LogP contribution in [0, 0.1) is 0 Å². The number of aliphatic hydroxyl groups excluding tert-OH is 1. The van der Waals surface area contributed by atoms with Gasteiger partial charge in [0.05, 0.1) is 0 Å². The molecule has 0 aromatic carbocycles. The van der Waals surface area contributed by atoms with E-state index < -0.39 is 23.3 Å². The molecule has 11 heavy (non-hydrogen) atoms. The van der Waals surface area contributed by atoms with E-state index in [-0.39, 0.29) is 0 Å². The Bertz CT molecular complexity index is 186. The van der Waals surface area contributed by atoms with Crippen LogP contribution in [0.25, 0.3) is 0 Å². The normalized spacial score (nSPS) is 14.3. The quantitative estimate of drug-likeness (QED) is 0.501. The van der Waals surface area contributed by atoms with Crippen molar-refractivity contribution >= 4 is 23.2 Å². The molecule has 1 N–H and O–H groups in total. The molecule has 64 valence electrons. The number of ketones is 2. The van der Waals surface area contributed by atoms with Gasteiger partial charge in [0.25, 0.3) is 5.78 Å². The Morgan fingerprint density at radius 2 is 1.73 bits per heavy atom. The lowest BCUT2D eigenvalue weighted by Crippen LogP contribution is -2.35. The Morgan fingerprint density at radius 1 is 1.36 bits per heavy atom. The zero-order valence-corrected chi connectivity index (χ0v) is 5.61. The van der Waals surface area contributed by atoms with Crippen molar-refractivity contribution in [1.29, 1.82) is 0 Å². The first-order valence-electron chi connectivity index (χ1n) is 2.24. The molecular formula is C4H2ClF3O3. The molecule has 0 aliphatic rings. The molecule has 7 heteroatoms. The molecule has 1 unspecified atom stereocenters. The van der Waals surface area contributed by atoms with Gasteiger partial charge >= 0.3 is 12.0 Å². The van der Waals surface area contributed by atoms with Crippen LogP contribution in [0.3, 0.4) is 0 Å². The highest BCUT2D eigenvalue weighted by Gasteiger charge is 2.45. The van der Waals surface area contributed by atoms with Gasteiger partial charge in [-0.25, -0.2) is 0 Å². The zero-order valence-electron chi connectivity index (χ0n) is 4.85. The molecular weight excluding hydrogens is 188 g/mol. The Labute approximate surface area is 63.8 Å². The number of hydrogen-bond donors (Lipinski definition) is 1. The van der Waals surface area contributed by atoms with Gasteiger partial charge in [0, 0.05) is 0 Å². The zero-order chi connectivity index (χ0) is 9.23. The van der Waals surface area contributed by atoms with Crippen molar-refractivity contribution in [2.24, 2.45) is 0 Å². The van der Waals surface area contributed by atoms with Gasteiger partial charge in [-0.15, -0.1) is 0 Å². The van der Waals surface area contributed by atoms with Crippen molar-refractivity contribution in [1.82, 2.24) is 0 Å². The molecule has 0 fully saturated rings. The fraction of sp³-hybridized carbons (Fsp3) is 0.500. The third-order valence-electron chi connectivity index (χ3n) is 0.698. The summed E-state index contributed by atoms with van der Waals surface area (Å²) in [6.45, 7) is 0. The van der Waals surface area contributed by atoms with Crippen LogP contribution in [0.2, 0.25) is 0 Å². The minimum atomic E-state index is -5.27. The Kier molecular flexibility index (Phi) is 3.01. The van der Waals surface area contributed by atoms with E-state index in [2.05, 4.69) is 11.6 Å². The molecule has 0 aromatic rings. The fourth-order valence-corrected chi connectivity index (χ4v) is 0.347. The maximum absolute atomic E-state index is 11.3. The molecule has 0 saturated carbocycles. The van der Waals surface area contributed by atoms with Gasteiger partial charge < -0.3 is 5.11 Å². The lowest BCUT2D eigenvalue weighted by Gasteiger charge is -2.03. The highest BCUT2D eigenvalue weighted by molar-refractivity contribution is 6.49. The summed E-state index contributed by atoms with van der Waals surface area (Å²) in [5, 5.41) is 8.05. The van der Waals surface area contributed by atoms with E-state index >= 15 is 0 Å². The van der Waals surface area contributed by atoms with Gasteiger partial charge in [0.2, 0.25) is 0 Å². The molecule has 3 nitrogen and oxygen atoms in total. The van der Waals surface area contributed by atoms with E-state index in [1.807, 2.05) is 0 Å². The predicted molar refractivity (Wildman–Crippen MR) is 27.9 cm³/mol. The van der Waals surface area contributed by atoms with Gasteiger partial charge in [-0.05, 0) is 0 Å². The molecule has 0 aliphatic carbocycles. The predicted octanol–water partition coefficient (Wildman–Crippen LogP) is 0.244. The summed E-state index contributed by atoms with van der Waals surface area (Å²) >= 11 is 4.51. The van der Waals surface area contributed by atoms with E-state index in [9.17, 15) is 22.8 Å². The van der Waals surface area contributed by atoms with E-state index in [0.717, 1.165) is 0 Å². The summed E-state index contributed by atoms with van der Waals surface area (Å²) in [5.41, 5.74) is -2.43. The average Bonchev–Trinajstić information content (AvgIpc) is 1.82. The van der Waals surface area contributed by atoms with Crippen molar-refractivity contribution < 1.29 is 27.9 Å². The van der Waals surface area contributed by atoms with Gasteiger partial charge in [-0.2, -0.15) is 13.2 Å². The van der Waals surface area contributed by atoms with Crippen molar-refractivity contribution in [3.8, 4) is 0 Å². The molecule has 0 spiro atoms. The van der Waals surface area contributed by atoms with Crippen LogP contribution in [-0.2, 0) is 9.59 Å². The van der Waals surface area contributed by atoms with Crippen LogP contribution in [0.15, 0.2) is 0 Å². The second kappa shape index (κ2) is 3.19.